The van der Waals surface area contributed by atoms with E-state index in [9.17, 15) is 4.79 Å². The van der Waals surface area contributed by atoms with Crippen LogP contribution in [0.25, 0.3) is 0 Å². The lowest BCUT2D eigenvalue weighted by Crippen LogP contribution is -2.08. The van der Waals surface area contributed by atoms with Crippen molar-refractivity contribution in [3.63, 3.8) is 0 Å². The molecule has 0 atom stereocenters. The van der Waals surface area contributed by atoms with Crippen molar-refractivity contribution >= 4 is 29.2 Å². The third-order valence-corrected chi connectivity index (χ3v) is 1.97. The first-order chi connectivity index (χ1) is 7.08. The number of hydrogen-bond donors (Lipinski definition) is 0. The molecule has 0 unspecified atom stereocenters. The number of rotatable bonds is 4. The maximum Gasteiger partial charge on any atom is 0.310 e. The van der Waals surface area contributed by atoms with Gasteiger partial charge in [-0.3, -0.25) is 4.79 Å². The van der Waals surface area contributed by atoms with E-state index in [-0.39, 0.29) is 19.0 Å². The predicted molar refractivity (Wildman–Crippen MR) is 61.1 cm³/mol. The molecule has 0 aliphatic heterocycles. The maximum absolute atomic E-state index is 11.3. The Balaban J connectivity index is 2.48. The number of halogens is 2. The molecule has 1 aromatic carbocycles. The van der Waals surface area contributed by atoms with Gasteiger partial charge in [0.25, 0.3) is 0 Å². The van der Waals surface area contributed by atoms with Gasteiger partial charge in [-0.2, -0.15) is 0 Å². The SMILES string of the molecule is C=C(Cl)COC(=O)Cc1cccc(Cl)c1. The van der Waals surface area contributed by atoms with Gasteiger partial charge in [0.15, 0.2) is 0 Å². The van der Waals surface area contributed by atoms with Gasteiger partial charge in [-0.1, -0.05) is 41.9 Å². The van der Waals surface area contributed by atoms with Crippen LogP contribution in [0.1, 0.15) is 5.56 Å². The zero-order chi connectivity index (χ0) is 11.3. The van der Waals surface area contributed by atoms with Crippen LogP contribution in [-0.4, -0.2) is 12.6 Å². The largest absolute Gasteiger partial charge is 0.460 e. The van der Waals surface area contributed by atoms with Gasteiger partial charge in [-0.15, -0.1) is 0 Å². The molecule has 0 aromatic heterocycles. The Kier molecular flexibility index (Phi) is 4.66. The van der Waals surface area contributed by atoms with E-state index in [0.717, 1.165) is 5.56 Å². The summed E-state index contributed by atoms with van der Waals surface area (Å²) in [7, 11) is 0. The van der Waals surface area contributed by atoms with E-state index < -0.39 is 0 Å². The number of esters is 1. The monoisotopic (exact) mass is 244 g/mol. The number of carbonyl (C=O) groups excluding carboxylic acids is 1. The lowest BCUT2D eigenvalue weighted by Gasteiger charge is -2.03. The summed E-state index contributed by atoms with van der Waals surface area (Å²) in [6.07, 6.45) is 0.185. The van der Waals surface area contributed by atoms with Crippen molar-refractivity contribution in [2.24, 2.45) is 0 Å². The minimum absolute atomic E-state index is 0.0426. The Morgan fingerprint density at radius 2 is 2.20 bits per heavy atom. The Morgan fingerprint density at radius 1 is 1.47 bits per heavy atom. The molecule has 0 radical (unpaired) electrons. The van der Waals surface area contributed by atoms with Crippen LogP contribution in [0, 0.1) is 0 Å². The Labute approximate surface area is 98.4 Å². The highest BCUT2D eigenvalue weighted by molar-refractivity contribution is 6.30. The summed E-state index contributed by atoms with van der Waals surface area (Å²) in [5.74, 6) is -0.348. The summed E-state index contributed by atoms with van der Waals surface area (Å²) in [6.45, 7) is 3.46. The van der Waals surface area contributed by atoms with Gasteiger partial charge in [0.2, 0.25) is 0 Å². The first-order valence-electron chi connectivity index (χ1n) is 4.31. The Morgan fingerprint density at radius 3 is 2.80 bits per heavy atom. The smallest absolute Gasteiger partial charge is 0.310 e. The van der Waals surface area contributed by atoms with E-state index >= 15 is 0 Å². The van der Waals surface area contributed by atoms with Gasteiger partial charge in [0.1, 0.15) is 6.61 Å². The first kappa shape index (κ1) is 12.1. The lowest BCUT2D eigenvalue weighted by atomic mass is 10.1. The van der Waals surface area contributed by atoms with Crippen molar-refractivity contribution in [2.75, 3.05) is 6.61 Å². The molecule has 0 amide bonds. The third kappa shape index (κ3) is 4.86. The molecule has 80 valence electrons. The normalized spacial score (nSPS) is 9.73. The summed E-state index contributed by atoms with van der Waals surface area (Å²) in [6, 6.07) is 7.06. The van der Waals surface area contributed by atoms with E-state index in [1.54, 1.807) is 18.2 Å². The quantitative estimate of drug-likeness (QED) is 0.761. The standard InChI is InChI=1S/C11H10Cl2O2/c1-8(12)7-15-11(14)6-9-3-2-4-10(13)5-9/h2-5H,1,6-7H2. The second kappa shape index (κ2) is 5.79. The number of hydrogen-bond acceptors (Lipinski definition) is 2. The van der Waals surface area contributed by atoms with Crippen LogP contribution in [-0.2, 0) is 16.0 Å². The highest BCUT2D eigenvalue weighted by atomic mass is 35.5. The third-order valence-electron chi connectivity index (χ3n) is 1.63. The van der Waals surface area contributed by atoms with Crippen molar-refractivity contribution in [1.82, 2.24) is 0 Å². The molecule has 1 aromatic rings. The van der Waals surface area contributed by atoms with Crippen LogP contribution >= 0.6 is 23.2 Å². The van der Waals surface area contributed by atoms with E-state index in [1.807, 2.05) is 6.07 Å². The number of ether oxygens (including phenoxy) is 1. The van der Waals surface area contributed by atoms with Crippen LogP contribution in [0.4, 0.5) is 0 Å². The van der Waals surface area contributed by atoms with Crippen molar-refractivity contribution in [3.8, 4) is 0 Å². The molecule has 0 aliphatic rings. The van der Waals surface area contributed by atoms with Gasteiger partial charge in [-0.05, 0) is 17.7 Å². The van der Waals surface area contributed by atoms with Gasteiger partial charge in [0, 0.05) is 10.1 Å². The number of carbonyl (C=O) groups is 1. The van der Waals surface area contributed by atoms with Gasteiger partial charge in [-0.25, -0.2) is 0 Å². The summed E-state index contributed by atoms with van der Waals surface area (Å²) >= 11 is 11.2. The first-order valence-corrected chi connectivity index (χ1v) is 5.07. The molecule has 0 saturated heterocycles. The minimum atomic E-state index is -0.348. The second-order valence-corrected chi connectivity index (χ2v) is 3.96. The van der Waals surface area contributed by atoms with Gasteiger partial charge in [0.05, 0.1) is 6.42 Å². The second-order valence-electron chi connectivity index (χ2n) is 2.98. The highest BCUT2D eigenvalue weighted by Gasteiger charge is 2.05. The summed E-state index contributed by atoms with van der Waals surface area (Å²) in [4.78, 5) is 11.3. The minimum Gasteiger partial charge on any atom is -0.460 e. The maximum atomic E-state index is 11.3. The molecule has 4 heteroatoms. The van der Waals surface area contributed by atoms with Gasteiger partial charge >= 0.3 is 5.97 Å². The van der Waals surface area contributed by atoms with Crippen molar-refractivity contribution in [3.05, 3.63) is 46.5 Å². The molecule has 0 fully saturated rings. The molecular weight excluding hydrogens is 235 g/mol. The molecule has 0 aliphatic carbocycles. The topological polar surface area (TPSA) is 26.3 Å². The Bertz CT molecular complexity index is 375. The molecule has 0 bridgehead atoms. The van der Waals surface area contributed by atoms with Crippen molar-refractivity contribution < 1.29 is 9.53 Å². The van der Waals surface area contributed by atoms with E-state index in [2.05, 4.69) is 6.58 Å². The molecule has 0 spiro atoms. The fraction of sp³-hybridized carbons (Fsp3) is 0.182. The fourth-order valence-electron chi connectivity index (χ4n) is 1.02. The molecule has 2 nitrogen and oxygen atoms in total. The molecule has 0 N–H and O–H groups in total. The fourth-order valence-corrected chi connectivity index (χ4v) is 1.29. The van der Waals surface area contributed by atoms with Crippen LogP contribution in [0.3, 0.4) is 0 Å². The van der Waals surface area contributed by atoms with Crippen molar-refractivity contribution in [1.29, 1.82) is 0 Å². The van der Waals surface area contributed by atoms with Crippen LogP contribution < -0.4 is 0 Å². The average molecular weight is 245 g/mol. The van der Waals surface area contributed by atoms with Crippen LogP contribution in [0.2, 0.25) is 5.02 Å². The zero-order valence-electron chi connectivity index (χ0n) is 8.00. The lowest BCUT2D eigenvalue weighted by molar-refractivity contribution is -0.141. The van der Waals surface area contributed by atoms with Crippen LogP contribution in [0.5, 0.6) is 0 Å². The van der Waals surface area contributed by atoms with E-state index in [1.165, 1.54) is 0 Å². The summed E-state index contributed by atoms with van der Waals surface area (Å²) in [5.41, 5.74) is 0.813. The zero-order valence-corrected chi connectivity index (χ0v) is 9.52. The van der Waals surface area contributed by atoms with Crippen LogP contribution in [0.15, 0.2) is 35.9 Å². The molecule has 0 heterocycles. The van der Waals surface area contributed by atoms with Gasteiger partial charge < -0.3 is 4.74 Å². The highest BCUT2D eigenvalue weighted by Crippen LogP contribution is 2.11. The van der Waals surface area contributed by atoms with E-state index in [0.29, 0.717) is 10.1 Å². The molecule has 0 saturated carbocycles. The van der Waals surface area contributed by atoms with Crippen molar-refractivity contribution in [2.45, 2.75) is 6.42 Å². The molecular formula is C11H10Cl2O2. The predicted octanol–water partition coefficient (Wildman–Crippen LogP) is 3.18. The van der Waals surface area contributed by atoms with E-state index in [4.69, 9.17) is 27.9 Å². The summed E-state index contributed by atoms with van der Waals surface area (Å²) < 4.78 is 4.83. The summed E-state index contributed by atoms with van der Waals surface area (Å²) in [5, 5.41) is 0.900. The molecule has 1 rings (SSSR count). The Hall–Kier alpha value is -0.990. The molecule has 15 heavy (non-hydrogen) atoms. The number of benzene rings is 1. The average Bonchev–Trinajstić information content (AvgIpc) is 2.15.